The van der Waals surface area contributed by atoms with Gasteiger partial charge in [0, 0.05) is 6.20 Å². The van der Waals surface area contributed by atoms with Crippen molar-refractivity contribution in [3.05, 3.63) is 127 Å². The summed E-state index contributed by atoms with van der Waals surface area (Å²) in [5, 5.41) is 3.75. The van der Waals surface area contributed by atoms with Gasteiger partial charge in [-0.1, -0.05) is 60.7 Å². The van der Waals surface area contributed by atoms with E-state index in [0.717, 1.165) is 11.3 Å². The Hall–Kier alpha value is -3.27. The van der Waals surface area contributed by atoms with Gasteiger partial charge in [0.25, 0.3) is 0 Å². The van der Waals surface area contributed by atoms with Crippen molar-refractivity contribution < 1.29 is 26.5 Å². The highest BCUT2D eigenvalue weighted by Crippen LogP contribution is 2.58. The Kier molecular flexibility index (Phi) is 7.80. The normalized spacial score (nSPS) is 11.1. The van der Waals surface area contributed by atoms with Crippen LogP contribution >= 0.6 is 7.26 Å². The zero-order valence-corrected chi connectivity index (χ0v) is 21.9. The second-order valence-electron chi connectivity index (χ2n) is 8.03. The van der Waals surface area contributed by atoms with Gasteiger partial charge in [-0.05, 0) is 55.5 Å². The summed E-state index contributed by atoms with van der Waals surface area (Å²) in [6.45, 7) is 2.14. The third-order valence-electron chi connectivity index (χ3n) is 6.05. The first-order valence-electron chi connectivity index (χ1n) is 11.4. The molecular formula is C29H26BrN2O2P. The smallest absolute Gasteiger partial charge is 0.357 e. The van der Waals surface area contributed by atoms with Crippen LogP contribution in [0.5, 0.6) is 0 Å². The van der Waals surface area contributed by atoms with Gasteiger partial charge in [-0.3, -0.25) is 4.40 Å². The number of rotatable bonds is 7. The van der Waals surface area contributed by atoms with Crippen molar-refractivity contribution in [1.29, 1.82) is 0 Å². The first-order valence-corrected chi connectivity index (χ1v) is 13.4. The number of nitrogens with zero attached hydrogens (tertiary/aromatic N) is 2. The first-order chi connectivity index (χ1) is 16.7. The van der Waals surface area contributed by atoms with Crippen LogP contribution in [0.2, 0.25) is 0 Å². The Morgan fingerprint density at radius 1 is 0.771 bits per heavy atom. The molecule has 176 valence electrons. The predicted molar refractivity (Wildman–Crippen MR) is 140 cm³/mol. The van der Waals surface area contributed by atoms with Crippen LogP contribution < -0.4 is 32.9 Å². The minimum absolute atomic E-state index is 0. The predicted octanol–water partition coefficient (Wildman–Crippen LogP) is 2.01. The van der Waals surface area contributed by atoms with Crippen LogP contribution in [0.25, 0.3) is 5.65 Å². The molecule has 4 nitrogen and oxygen atoms in total. The molecule has 0 saturated heterocycles. The standard InChI is InChI=1S/C29H26N2O2P.BrH/c1-2-33-29(32)28-26(30-27-20-12-13-21-31(27)28)22-34(23-14-6-3-7-15-23,24-16-8-4-9-17-24)25-18-10-5-11-19-25;/h3-21H,2,22H2,1H3;1H/q+1;/p-1. The van der Waals surface area contributed by atoms with Gasteiger partial charge in [-0.25, -0.2) is 9.78 Å². The Bertz CT molecular complexity index is 1310. The monoisotopic (exact) mass is 544 g/mol. The van der Waals surface area contributed by atoms with E-state index in [0.29, 0.717) is 18.5 Å². The maximum atomic E-state index is 13.2. The van der Waals surface area contributed by atoms with Gasteiger partial charge >= 0.3 is 5.97 Å². The lowest BCUT2D eigenvalue weighted by atomic mass is 10.3. The fourth-order valence-corrected chi connectivity index (χ4v) is 8.72. The lowest BCUT2D eigenvalue weighted by Crippen LogP contribution is -3.00. The van der Waals surface area contributed by atoms with Gasteiger partial charge in [0.05, 0.1) is 6.61 Å². The lowest BCUT2D eigenvalue weighted by molar-refractivity contribution is -0.0000251. The maximum Gasteiger partial charge on any atom is 0.357 e. The topological polar surface area (TPSA) is 43.6 Å². The molecule has 2 aromatic heterocycles. The van der Waals surface area contributed by atoms with Crippen molar-refractivity contribution in [3.63, 3.8) is 0 Å². The van der Waals surface area contributed by atoms with Gasteiger partial charge < -0.3 is 21.7 Å². The molecule has 2 heterocycles. The van der Waals surface area contributed by atoms with E-state index in [9.17, 15) is 4.79 Å². The summed E-state index contributed by atoms with van der Waals surface area (Å²) in [5.74, 6) is -0.344. The van der Waals surface area contributed by atoms with Crippen LogP contribution in [0.15, 0.2) is 115 Å². The number of fused-ring (bicyclic) bond motifs is 1. The number of halogens is 1. The van der Waals surface area contributed by atoms with Gasteiger partial charge in [-0.15, -0.1) is 0 Å². The van der Waals surface area contributed by atoms with Crippen LogP contribution in [0.4, 0.5) is 0 Å². The van der Waals surface area contributed by atoms with E-state index in [2.05, 4.69) is 72.8 Å². The number of pyridine rings is 1. The van der Waals surface area contributed by atoms with E-state index < -0.39 is 7.26 Å². The Labute approximate surface area is 216 Å². The number of ether oxygens (including phenoxy) is 1. The second kappa shape index (κ2) is 11.0. The molecular weight excluding hydrogens is 519 g/mol. The largest absolute Gasteiger partial charge is 1.00 e. The van der Waals surface area contributed by atoms with E-state index in [1.165, 1.54) is 15.9 Å². The van der Waals surface area contributed by atoms with Crippen molar-refractivity contribution in [3.8, 4) is 0 Å². The highest BCUT2D eigenvalue weighted by Gasteiger charge is 2.47. The molecule has 5 aromatic rings. The second-order valence-corrected chi connectivity index (χ2v) is 11.5. The fraction of sp³-hybridized carbons (Fsp3) is 0.103. The number of aromatic nitrogens is 2. The molecule has 0 amide bonds. The van der Waals surface area contributed by atoms with Crippen molar-refractivity contribution >= 4 is 34.8 Å². The number of hydrogen-bond acceptors (Lipinski definition) is 3. The summed E-state index contributed by atoms with van der Waals surface area (Å²) in [4.78, 5) is 18.1. The van der Waals surface area contributed by atoms with Gasteiger partial charge in [0.15, 0.2) is 5.69 Å². The third-order valence-corrected chi connectivity index (χ3v) is 10.4. The molecule has 6 heteroatoms. The van der Waals surface area contributed by atoms with E-state index in [4.69, 9.17) is 9.72 Å². The molecule has 0 bridgehead atoms. The van der Waals surface area contributed by atoms with E-state index in [1.807, 2.05) is 53.9 Å². The zero-order chi connectivity index (χ0) is 23.4. The summed E-state index contributed by atoms with van der Waals surface area (Å²) in [6.07, 6.45) is 2.49. The average Bonchev–Trinajstić information content (AvgIpc) is 3.27. The number of imidazole rings is 1. The van der Waals surface area contributed by atoms with Crippen molar-refractivity contribution in [1.82, 2.24) is 9.38 Å². The van der Waals surface area contributed by atoms with Gasteiger partial charge in [0.1, 0.15) is 40.7 Å². The van der Waals surface area contributed by atoms with Crippen LogP contribution in [0.3, 0.4) is 0 Å². The Balaban J connectivity index is 0.00000289. The summed E-state index contributed by atoms with van der Waals surface area (Å²) >= 11 is 0. The fourth-order valence-electron chi connectivity index (χ4n) is 4.56. The average molecular weight is 545 g/mol. The zero-order valence-electron chi connectivity index (χ0n) is 19.4. The molecule has 0 aliphatic rings. The minimum atomic E-state index is -2.20. The van der Waals surface area contributed by atoms with Crippen LogP contribution in [-0.4, -0.2) is 22.0 Å². The lowest BCUT2D eigenvalue weighted by Gasteiger charge is -2.27. The van der Waals surface area contributed by atoms with Crippen LogP contribution in [0, 0.1) is 0 Å². The molecule has 0 atom stereocenters. The summed E-state index contributed by atoms with van der Waals surface area (Å²) in [5.41, 5.74) is 2.01. The molecule has 0 N–H and O–H groups in total. The Morgan fingerprint density at radius 2 is 1.26 bits per heavy atom. The Morgan fingerprint density at radius 3 is 1.74 bits per heavy atom. The molecule has 3 aromatic carbocycles. The molecule has 0 fully saturated rings. The number of carbonyl (C=O) groups is 1. The molecule has 0 aliphatic heterocycles. The van der Waals surface area contributed by atoms with Crippen molar-refractivity contribution in [2.75, 3.05) is 6.61 Å². The quantitative estimate of drug-likeness (QED) is 0.232. The molecule has 5 rings (SSSR count). The third kappa shape index (κ3) is 4.67. The molecule has 0 aliphatic carbocycles. The summed E-state index contributed by atoms with van der Waals surface area (Å²) in [7, 11) is -2.20. The summed E-state index contributed by atoms with van der Waals surface area (Å²) < 4.78 is 7.33. The highest BCUT2D eigenvalue weighted by molar-refractivity contribution is 7.95. The van der Waals surface area contributed by atoms with E-state index >= 15 is 0 Å². The minimum Gasteiger partial charge on any atom is -1.00 e. The number of esters is 1. The van der Waals surface area contributed by atoms with Crippen molar-refractivity contribution in [2.24, 2.45) is 0 Å². The SMILES string of the molecule is CCOC(=O)c1c(C[P+](c2ccccc2)(c2ccccc2)c2ccccc2)nc2ccccn12.[Br-]. The molecule has 0 radical (unpaired) electrons. The highest BCUT2D eigenvalue weighted by atomic mass is 79.9. The van der Waals surface area contributed by atoms with Crippen LogP contribution in [-0.2, 0) is 10.9 Å². The molecule has 0 unspecified atom stereocenters. The number of hydrogen-bond donors (Lipinski definition) is 0. The molecule has 0 spiro atoms. The maximum absolute atomic E-state index is 13.2. The van der Waals surface area contributed by atoms with E-state index in [-0.39, 0.29) is 23.0 Å². The van der Waals surface area contributed by atoms with Gasteiger partial charge in [0.2, 0.25) is 0 Å². The van der Waals surface area contributed by atoms with Crippen molar-refractivity contribution in [2.45, 2.75) is 13.1 Å². The summed E-state index contributed by atoms with van der Waals surface area (Å²) in [6, 6.07) is 37.7. The number of benzene rings is 3. The number of carbonyl (C=O) groups excluding carboxylic acids is 1. The van der Waals surface area contributed by atoms with Gasteiger partial charge in [-0.2, -0.15) is 0 Å². The first kappa shape index (κ1) is 24.8. The van der Waals surface area contributed by atoms with Crippen LogP contribution in [0.1, 0.15) is 23.1 Å². The van der Waals surface area contributed by atoms with E-state index in [1.54, 1.807) is 0 Å². The molecule has 35 heavy (non-hydrogen) atoms. The molecule has 0 saturated carbocycles.